The highest BCUT2D eigenvalue weighted by molar-refractivity contribution is 5.32. The van der Waals surface area contributed by atoms with Crippen molar-refractivity contribution >= 4 is 0 Å². The van der Waals surface area contributed by atoms with Gasteiger partial charge in [-0.25, -0.2) is 4.98 Å². The van der Waals surface area contributed by atoms with Crippen molar-refractivity contribution in [2.45, 2.75) is 25.2 Å². The molecule has 0 unspecified atom stereocenters. The third kappa shape index (κ3) is 1.31. The molecule has 1 aliphatic rings. The Balaban J connectivity index is 2.45. The molecule has 1 fully saturated rings. The minimum atomic E-state index is -0.431. The summed E-state index contributed by atoms with van der Waals surface area (Å²) in [5.41, 5.74) is 0.410. The number of aromatic nitrogens is 2. The second kappa shape index (κ2) is 2.95. The quantitative estimate of drug-likeness (QED) is 0.704. The van der Waals surface area contributed by atoms with Crippen molar-refractivity contribution in [2.24, 2.45) is 0 Å². The average molecular weight is 189 g/mol. The highest BCUT2D eigenvalue weighted by Crippen LogP contribution is 2.46. The van der Waals surface area contributed by atoms with Gasteiger partial charge in [0.1, 0.15) is 5.41 Å². The van der Waals surface area contributed by atoms with Gasteiger partial charge in [0.05, 0.1) is 13.2 Å². The monoisotopic (exact) mass is 189 g/mol. The molecule has 1 aliphatic carbocycles. The lowest BCUT2D eigenvalue weighted by Crippen LogP contribution is -2.10. The second-order valence-corrected chi connectivity index (χ2v) is 3.57. The van der Waals surface area contributed by atoms with Gasteiger partial charge in [0.25, 0.3) is 0 Å². The highest BCUT2D eigenvalue weighted by Gasteiger charge is 2.48. The van der Waals surface area contributed by atoms with Crippen LogP contribution in [0, 0.1) is 18.3 Å². The lowest BCUT2D eigenvalue weighted by molar-refractivity contribution is 0.393. The Morgan fingerprint density at radius 2 is 2.21 bits per heavy atom. The second-order valence-electron chi connectivity index (χ2n) is 3.57. The summed E-state index contributed by atoms with van der Waals surface area (Å²) < 4.78 is 5.04. The van der Waals surface area contributed by atoms with Crippen molar-refractivity contribution < 1.29 is 4.74 Å². The standard InChI is InChI=1S/C10H11N3O/c1-7-5-8(14-2)13-9(12-7)10(6-11)3-4-10/h5H,3-4H2,1-2H3. The van der Waals surface area contributed by atoms with E-state index in [4.69, 9.17) is 10.00 Å². The molecule has 1 heterocycles. The molecule has 0 bridgehead atoms. The van der Waals surface area contributed by atoms with Crippen LogP contribution in [0.5, 0.6) is 5.88 Å². The van der Waals surface area contributed by atoms with Crippen LogP contribution in [0.3, 0.4) is 0 Å². The topological polar surface area (TPSA) is 58.8 Å². The van der Waals surface area contributed by atoms with E-state index in [1.54, 1.807) is 13.2 Å². The maximum absolute atomic E-state index is 8.99. The molecule has 0 radical (unpaired) electrons. The van der Waals surface area contributed by atoms with Crippen molar-refractivity contribution in [2.75, 3.05) is 7.11 Å². The van der Waals surface area contributed by atoms with Gasteiger partial charge in [-0.05, 0) is 19.8 Å². The summed E-state index contributed by atoms with van der Waals surface area (Å²) in [4.78, 5) is 8.47. The van der Waals surface area contributed by atoms with Gasteiger partial charge in [0.15, 0.2) is 5.82 Å². The first-order chi connectivity index (χ1) is 6.70. The fourth-order valence-electron chi connectivity index (χ4n) is 1.37. The molecule has 4 nitrogen and oxygen atoms in total. The lowest BCUT2D eigenvalue weighted by Gasteiger charge is -2.07. The first-order valence-electron chi connectivity index (χ1n) is 4.51. The first-order valence-corrected chi connectivity index (χ1v) is 4.51. The lowest BCUT2D eigenvalue weighted by atomic mass is 10.1. The van der Waals surface area contributed by atoms with Crippen LogP contribution < -0.4 is 4.74 Å². The maximum Gasteiger partial charge on any atom is 0.216 e. The van der Waals surface area contributed by atoms with Crippen molar-refractivity contribution in [1.29, 1.82) is 5.26 Å². The summed E-state index contributed by atoms with van der Waals surface area (Å²) in [6, 6.07) is 4.03. The predicted molar refractivity (Wildman–Crippen MR) is 49.8 cm³/mol. The predicted octanol–water partition coefficient (Wildman–Crippen LogP) is 1.35. The number of nitriles is 1. The van der Waals surface area contributed by atoms with Gasteiger partial charge in [0.2, 0.25) is 5.88 Å². The van der Waals surface area contributed by atoms with Crippen LogP contribution in [0.4, 0.5) is 0 Å². The number of hydrogen-bond donors (Lipinski definition) is 0. The Labute approximate surface area is 82.6 Å². The SMILES string of the molecule is COc1cc(C)nc(C2(C#N)CC2)n1. The first kappa shape index (κ1) is 8.95. The number of ether oxygens (including phenoxy) is 1. The maximum atomic E-state index is 8.99. The van der Waals surface area contributed by atoms with Gasteiger partial charge in [-0.3, -0.25) is 0 Å². The zero-order valence-corrected chi connectivity index (χ0v) is 8.24. The minimum Gasteiger partial charge on any atom is -0.481 e. The van der Waals surface area contributed by atoms with Crippen molar-refractivity contribution in [3.8, 4) is 11.9 Å². The molecule has 1 aromatic rings. The molecule has 0 amide bonds. The molecule has 2 rings (SSSR count). The summed E-state index contributed by atoms with van der Waals surface area (Å²) >= 11 is 0. The zero-order chi connectivity index (χ0) is 10.2. The molecule has 0 aliphatic heterocycles. The molecular formula is C10H11N3O. The van der Waals surface area contributed by atoms with Crippen molar-refractivity contribution in [3.63, 3.8) is 0 Å². The van der Waals surface area contributed by atoms with Crippen LogP contribution in [-0.2, 0) is 5.41 Å². The van der Waals surface area contributed by atoms with Crippen LogP contribution in [0.1, 0.15) is 24.4 Å². The molecule has 0 N–H and O–H groups in total. The Hall–Kier alpha value is -1.63. The van der Waals surface area contributed by atoms with Gasteiger partial charge in [-0.15, -0.1) is 0 Å². The Morgan fingerprint density at radius 1 is 1.50 bits per heavy atom. The Bertz CT molecular complexity index is 404. The largest absolute Gasteiger partial charge is 0.481 e. The number of rotatable bonds is 2. The smallest absolute Gasteiger partial charge is 0.216 e. The molecule has 14 heavy (non-hydrogen) atoms. The molecule has 72 valence electrons. The number of methoxy groups -OCH3 is 1. The van der Waals surface area contributed by atoms with Crippen LogP contribution in [0.2, 0.25) is 0 Å². The van der Waals surface area contributed by atoms with Crippen molar-refractivity contribution in [1.82, 2.24) is 9.97 Å². The van der Waals surface area contributed by atoms with Crippen molar-refractivity contribution in [3.05, 3.63) is 17.6 Å². The summed E-state index contributed by atoms with van der Waals surface area (Å²) in [7, 11) is 1.57. The fourth-order valence-corrected chi connectivity index (χ4v) is 1.37. The zero-order valence-electron chi connectivity index (χ0n) is 8.24. The molecule has 1 aromatic heterocycles. The van der Waals surface area contributed by atoms with Gasteiger partial charge < -0.3 is 4.74 Å². The van der Waals surface area contributed by atoms with Crippen LogP contribution in [0.15, 0.2) is 6.07 Å². The van der Waals surface area contributed by atoms with Crippen LogP contribution >= 0.6 is 0 Å². The van der Waals surface area contributed by atoms with E-state index in [9.17, 15) is 0 Å². The van der Waals surface area contributed by atoms with E-state index in [1.165, 1.54) is 0 Å². The molecule has 0 aromatic carbocycles. The molecule has 4 heteroatoms. The summed E-state index contributed by atoms with van der Waals surface area (Å²) in [6.07, 6.45) is 1.71. The van der Waals surface area contributed by atoms with Gasteiger partial charge >= 0.3 is 0 Å². The fraction of sp³-hybridized carbons (Fsp3) is 0.500. The molecule has 0 saturated heterocycles. The minimum absolute atomic E-state index is 0.431. The van der Waals surface area contributed by atoms with Crippen LogP contribution in [0.25, 0.3) is 0 Å². The summed E-state index contributed by atoms with van der Waals surface area (Å²) in [5, 5.41) is 8.99. The number of hydrogen-bond acceptors (Lipinski definition) is 4. The number of nitrogens with zero attached hydrogens (tertiary/aromatic N) is 3. The Morgan fingerprint density at radius 3 is 2.71 bits per heavy atom. The molecule has 0 atom stereocenters. The number of aryl methyl sites for hydroxylation is 1. The summed E-state index contributed by atoms with van der Waals surface area (Å²) in [6.45, 7) is 1.88. The van der Waals surface area contributed by atoms with E-state index in [0.29, 0.717) is 11.7 Å². The third-order valence-corrected chi connectivity index (χ3v) is 2.43. The molecule has 0 spiro atoms. The van der Waals surface area contributed by atoms with E-state index in [2.05, 4.69) is 16.0 Å². The van der Waals surface area contributed by atoms with E-state index in [1.807, 2.05) is 6.92 Å². The molecular weight excluding hydrogens is 178 g/mol. The summed E-state index contributed by atoms with van der Waals surface area (Å²) in [5.74, 6) is 1.14. The van der Waals surface area contributed by atoms with E-state index >= 15 is 0 Å². The highest BCUT2D eigenvalue weighted by atomic mass is 16.5. The van der Waals surface area contributed by atoms with Gasteiger partial charge in [-0.1, -0.05) is 0 Å². The van der Waals surface area contributed by atoms with E-state index in [0.717, 1.165) is 18.5 Å². The van der Waals surface area contributed by atoms with Crippen LogP contribution in [-0.4, -0.2) is 17.1 Å². The Kier molecular flexibility index (Phi) is 1.88. The van der Waals surface area contributed by atoms with Gasteiger partial charge in [-0.2, -0.15) is 10.2 Å². The third-order valence-electron chi connectivity index (χ3n) is 2.43. The van der Waals surface area contributed by atoms with E-state index in [-0.39, 0.29) is 0 Å². The average Bonchev–Trinajstić information content (AvgIpc) is 2.97. The van der Waals surface area contributed by atoms with Gasteiger partial charge in [0, 0.05) is 11.8 Å². The normalized spacial score (nSPS) is 17.2. The van der Waals surface area contributed by atoms with E-state index < -0.39 is 5.41 Å². The molecule has 1 saturated carbocycles.